The van der Waals surface area contributed by atoms with Crippen molar-refractivity contribution in [2.75, 3.05) is 19.7 Å². The Hall–Kier alpha value is -1.41. The Balaban J connectivity index is 2.05. The molecule has 21 heavy (non-hydrogen) atoms. The molecular weight excluding hydrogens is 269 g/mol. The molecule has 1 aromatic rings. The number of halogens is 1. The minimum Gasteiger partial charge on any atom is -0.395 e. The standard InChI is InChI=1S/C17H22FNO2/c1-13-5-6-19(12-17(13)21)11-15-8-14(4-2-3-7-20)9-16(18)10-15/h8-10,13,17,20-21H,3,5-7,11-12H2,1H3. The van der Waals surface area contributed by atoms with Gasteiger partial charge in [-0.3, -0.25) is 4.90 Å². The fourth-order valence-electron chi connectivity index (χ4n) is 2.55. The number of nitrogens with zero attached hydrogens (tertiary/aromatic N) is 1. The maximum Gasteiger partial charge on any atom is 0.124 e. The first-order chi connectivity index (χ1) is 10.1. The molecule has 0 spiro atoms. The SMILES string of the molecule is CC1CCN(Cc2cc(F)cc(C#CCCO)c2)CC1O. The first-order valence-electron chi connectivity index (χ1n) is 7.38. The first kappa shape index (κ1) is 16.0. The molecule has 1 heterocycles. The highest BCUT2D eigenvalue weighted by atomic mass is 19.1. The summed E-state index contributed by atoms with van der Waals surface area (Å²) in [7, 11) is 0. The van der Waals surface area contributed by atoms with Crippen molar-refractivity contribution in [3.8, 4) is 11.8 Å². The van der Waals surface area contributed by atoms with Crippen LogP contribution in [-0.4, -0.2) is 40.9 Å². The van der Waals surface area contributed by atoms with Crippen molar-refractivity contribution in [2.24, 2.45) is 5.92 Å². The molecule has 0 aliphatic carbocycles. The molecule has 2 rings (SSSR count). The maximum absolute atomic E-state index is 13.6. The van der Waals surface area contributed by atoms with Crippen molar-refractivity contribution < 1.29 is 14.6 Å². The normalized spacial score (nSPS) is 22.7. The highest BCUT2D eigenvalue weighted by molar-refractivity contribution is 5.37. The van der Waals surface area contributed by atoms with E-state index in [-0.39, 0.29) is 18.5 Å². The van der Waals surface area contributed by atoms with Gasteiger partial charge in [0.25, 0.3) is 0 Å². The molecule has 114 valence electrons. The lowest BCUT2D eigenvalue weighted by Crippen LogP contribution is -2.42. The minimum absolute atomic E-state index is 0.0129. The van der Waals surface area contributed by atoms with Crippen LogP contribution in [0, 0.1) is 23.6 Å². The summed E-state index contributed by atoms with van der Waals surface area (Å²) in [6.45, 7) is 4.23. The molecular formula is C17H22FNO2. The summed E-state index contributed by atoms with van der Waals surface area (Å²) >= 11 is 0. The molecule has 0 radical (unpaired) electrons. The number of rotatable bonds is 3. The van der Waals surface area contributed by atoms with Crippen LogP contribution in [0.2, 0.25) is 0 Å². The van der Waals surface area contributed by atoms with Crippen molar-refractivity contribution >= 4 is 0 Å². The molecule has 3 nitrogen and oxygen atoms in total. The zero-order valence-corrected chi connectivity index (χ0v) is 12.3. The van der Waals surface area contributed by atoms with Crippen LogP contribution in [0.25, 0.3) is 0 Å². The summed E-state index contributed by atoms with van der Waals surface area (Å²) in [5.74, 6) is 5.69. The third-order valence-corrected chi connectivity index (χ3v) is 3.84. The molecule has 2 unspecified atom stereocenters. The van der Waals surface area contributed by atoms with Gasteiger partial charge in [-0.05, 0) is 42.6 Å². The number of hydrogen-bond donors (Lipinski definition) is 2. The highest BCUT2D eigenvalue weighted by Gasteiger charge is 2.24. The average Bonchev–Trinajstić information content (AvgIpc) is 2.43. The van der Waals surface area contributed by atoms with E-state index in [1.54, 1.807) is 0 Å². The molecule has 1 aliphatic heterocycles. The van der Waals surface area contributed by atoms with Crippen LogP contribution in [0.1, 0.15) is 30.9 Å². The largest absolute Gasteiger partial charge is 0.395 e. The van der Waals surface area contributed by atoms with Crippen molar-refractivity contribution in [3.05, 3.63) is 35.1 Å². The molecule has 0 bridgehead atoms. The summed E-state index contributed by atoms with van der Waals surface area (Å²) in [5.41, 5.74) is 1.49. The predicted molar refractivity (Wildman–Crippen MR) is 80.0 cm³/mol. The van der Waals surface area contributed by atoms with Gasteiger partial charge in [0.05, 0.1) is 12.7 Å². The first-order valence-corrected chi connectivity index (χ1v) is 7.38. The molecule has 2 atom stereocenters. The van der Waals surface area contributed by atoms with Crippen LogP contribution >= 0.6 is 0 Å². The van der Waals surface area contributed by atoms with E-state index >= 15 is 0 Å². The van der Waals surface area contributed by atoms with Gasteiger partial charge in [0, 0.05) is 25.1 Å². The van der Waals surface area contributed by atoms with Gasteiger partial charge >= 0.3 is 0 Å². The number of benzene rings is 1. The predicted octanol–water partition coefficient (Wildman–Crippen LogP) is 1.76. The number of β-amino-alcohol motifs (C(OH)–C–C–N with tert-alkyl or cyclic N) is 1. The summed E-state index contributed by atoms with van der Waals surface area (Å²) in [5, 5.41) is 18.6. The van der Waals surface area contributed by atoms with E-state index < -0.39 is 0 Å². The van der Waals surface area contributed by atoms with Crippen molar-refractivity contribution in [1.29, 1.82) is 0 Å². The number of likely N-dealkylation sites (tertiary alicyclic amines) is 1. The van der Waals surface area contributed by atoms with E-state index in [0.717, 1.165) is 18.5 Å². The summed E-state index contributed by atoms with van der Waals surface area (Å²) in [6, 6.07) is 4.79. The number of aliphatic hydroxyl groups is 2. The number of aliphatic hydroxyl groups excluding tert-OH is 2. The Bertz CT molecular complexity index is 535. The highest BCUT2D eigenvalue weighted by Crippen LogP contribution is 2.19. The lowest BCUT2D eigenvalue weighted by molar-refractivity contribution is 0.0259. The van der Waals surface area contributed by atoms with Crippen LogP contribution in [0.15, 0.2) is 18.2 Å². The lowest BCUT2D eigenvalue weighted by Gasteiger charge is -2.34. The van der Waals surface area contributed by atoms with Gasteiger partial charge in [0.1, 0.15) is 5.82 Å². The number of hydrogen-bond acceptors (Lipinski definition) is 3. The Kier molecular flexibility index (Phi) is 5.75. The lowest BCUT2D eigenvalue weighted by atomic mass is 9.95. The van der Waals surface area contributed by atoms with E-state index in [2.05, 4.69) is 23.7 Å². The fourth-order valence-corrected chi connectivity index (χ4v) is 2.55. The minimum atomic E-state index is -0.309. The van der Waals surface area contributed by atoms with Gasteiger partial charge in [-0.2, -0.15) is 0 Å². The third kappa shape index (κ3) is 4.82. The topological polar surface area (TPSA) is 43.7 Å². The van der Waals surface area contributed by atoms with Gasteiger partial charge in [-0.25, -0.2) is 4.39 Å². The Labute approximate surface area is 125 Å². The van der Waals surface area contributed by atoms with Crippen LogP contribution in [0.3, 0.4) is 0 Å². The summed E-state index contributed by atoms with van der Waals surface area (Å²) in [6.07, 6.45) is 1.04. The smallest absolute Gasteiger partial charge is 0.124 e. The fraction of sp³-hybridized carbons (Fsp3) is 0.529. The van der Waals surface area contributed by atoms with Gasteiger partial charge in [-0.1, -0.05) is 18.8 Å². The molecule has 0 saturated carbocycles. The quantitative estimate of drug-likeness (QED) is 0.834. The summed E-state index contributed by atoms with van der Waals surface area (Å²) in [4.78, 5) is 2.14. The van der Waals surface area contributed by atoms with Crippen LogP contribution < -0.4 is 0 Å². The Morgan fingerprint density at radius 1 is 1.38 bits per heavy atom. The van der Waals surface area contributed by atoms with E-state index in [9.17, 15) is 9.50 Å². The average molecular weight is 291 g/mol. The van der Waals surface area contributed by atoms with Crippen molar-refractivity contribution in [3.63, 3.8) is 0 Å². The molecule has 1 saturated heterocycles. The second-order valence-electron chi connectivity index (χ2n) is 5.69. The van der Waals surface area contributed by atoms with Crippen molar-refractivity contribution in [1.82, 2.24) is 4.90 Å². The maximum atomic E-state index is 13.6. The second kappa shape index (κ2) is 7.56. The van der Waals surface area contributed by atoms with Gasteiger partial charge in [0.15, 0.2) is 0 Å². The van der Waals surface area contributed by atoms with Crippen LogP contribution in [-0.2, 0) is 6.54 Å². The van der Waals surface area contributed by atoms with Gasteiger partial charge in [-0.15, -0.1) is 0 Å². The molecule has 1 aromatic carbocycles. The van der Waals surface area contributed by atoms with Crippen LogP contribution in [0.5, 0.6) is 0 Å². The van der Waals surface area contributed by atoms with E-state index in [4.69, 9.17) is 5.11 Å². The van der Waals surface area contributed by atoms with E-state index in [1.165, 1.54) is 12.1 Å². The monoisotopic (exact) mass is 291 g/mol. The Morgan fingerprint density at radius 3 is 2.90 bits per heavy atom. The van der Waals surface area contributed by atoms with Crippen LogP contribution in [0.4, 0.5) is 4.39 Å². The van der Waals surface area contributed by atoms with E-state index in [0.29, 0.717) is 31.0 Å². The van der Waals surface area contributed by atoms with Gasteiger partial charge < -0.3 is 10.2 Å². The Morgan fingerprint density at radius 2 is 2.19 bits per heavy atom. The molecule has 1 aliphatic rings. The summed E-state index contributed by atoms with van der Waals surface area (Å²) < 4.78 is 13.6. The molecule has 4 heteroatoms. The van der Waals surface area contributed by atoms with E-state index in [1.807, 2.05) is 6.07 Å². The van der Waals surface area contributed by atoms with Crippen molar-refractivity contribution in [2.45, 2.75) is 32.4 Å². The molecule has 1 fully saturated rings. The second-order valence-corrected chi connectivity index (χ2v) is 5.69. The van der Waals surface area contributed by atoms with Gasteiger partial charge in [0.2, 0.25) is 0 Å². The zero-order valence-electron chi connectivity index (χ0n) is 12.3. The molecule has 0 aromatic heterocycles. The molecule has 0 amide bonds. The molecule has 2 N–H and O–H groups in total. The zero-order chi connectivity index (χ0) is 15.2. The number of piperidine rings is 1. The third-order valence-electron chi connectivity index (χ3n) is 3.84.